The molecule has 5 nitrogen and oxygen atoms in total. The van der Waals surface area contributed by atoms with Crippen molar-refractivity contribution in [3.63, 3.8) is 0 Å². The molecule has 0 unspecified atom stereocenters. The van der Waals surface area contributed by atoms with Gasteiger partial charge in [0.1, 0.15) is 5.57 Å². The van der Waals surface area contributed by atoms with E-state index in [0.717, 1.165) is 34.6 Å². The van der Waals surface area contributed by atoms with E-state index in [1.54, 1.807) is 6.08 Å². The van der Waals surface area contributed by atoms with E-state index < -0.39 is 11.8 Å². The molecule has 4 rings (SSSR count). The summed E-state index contributed by atoms with van der Waals surface area (Å²) in [4.78, 5) is 27.5. The Morgan fingerprint density at radius 3 is 2.21 bits per heavy atom. The van der Waals surface area contributed by atoms with Crippen LogP contribution in [0.2, 0.25) is 0 Å². The lowest BCUT2D eigenvalue weighted by Crippen LogP contribution is -2.54. The van der Waals surface area contributed by atoms with Gasteiger partial charge in [0.25, 0.3) is 11.8 Å². The van der Waals surface area contributed by atoms with E-state index in [0.29, 0.717) is 5.69 Å². The minimum absolute atomic E-state index is 0.0588. The molecule has 0 bridgehead atoms. The summed E-state index contributed by atoms with van der Waals surface area (Å²) < 4.78 is 2.13. The monoisotopic (exact) mass is 457 g/mol. The largest absolute Gasteiger partial charge is 0.318 e. The van der Waals surface area contributed by atoms with E-state index >= 15 is 0 Å². The molecule has 2 amide bonds. The van der Waals surface area contributed by atoms with Crippen molar-refractivity contribution in [2.75, 3.05) is 4.90 Å². The van der Waals surface area contributed by atoms with Crippen molar-refractivity contribution < 1.29 is 9.59 Å². The van der Waals surface area contributed by atoms with Crippen molar-refractivity contribution in [3.05, 3.63) is 87.7 Å². The van der Waals surface area contributed by atoms with Gasteiger partial charge in [0, 0.05) is 17.1 Å². The molecule has 33 heavy (non-hydrogen) atoms. The Labute approximate surface area is 199 Å². The van der Waals surface area contributed by atoms with E-state index in [4.69, 9.17) is 12.2 Å². The normalized spacial score (nSPS) is 15.4. The van der Waals surface area contributed by atoms with Crippen LogP contribution in [0.5, 0.6) is 0 Å². The van der Waals surface area contributed by atoms with Crippen LogP contribution in [0.15, 0.2) is 54.1 Å². The Balaban J connectivity index is 1.74. The van der Waals surface area contributed by atoms with Crippen molar-refractivity contribution in [2.45, 2.75) is 41.0 Å². The van der Waals surface area contributed by atoms with Crippen LogP contribution in [0.25, 0.3) is 11.8 Å². The van der Waals surface area contributed by atoms with E-state index in [2.05, 4.69) is 48.9 Å². The number of amides is 2. The lowest BCUT2D eigenvalue weighted by atomic mass is 10.1. The number of aromatic nitrogens is 1. The molecule has 2 aromatic carbocycles. The molecule has 168 valence electrons. The van der Waals surface area contributed by atoms with Gasteiger partial charge >= 0.3 is 0 Å². The first-order valence-electron chi connectivity index (χ1n) is 11.0. The average molecular weight is 458 g/mol. The first-order chi connectivity index (χ1) is 15.7. The fourth-order valence-corrected chi connectivity index (χ4v) is 4.40. The highest BCUT2D eigenvalue weighted by Gasteiger charge is 2.34. The lowest BCUT2D eigenvalue weighted by Gasteiger charge is -2.29. The summed E-state index contributed by atoms with van der Waals surface area (Å²) in [5.41, 5.74) is 8.14. The molecule has 1 fully saturated rings. The number of nitrogens with one attached hydrogen (secondary N) is 1. The molecular formula is C27H27N3O2S. The molecule has 2 heterocycles. The van der Waals surface area contributed by atoms with E-state index in [1.165, 1.54) is 16.0 Å². The zero-order valence-electron chi connectivity index (χ0n) is 19.5. The molecule has 0 saturated carbocycles. The molecule has 1 saturated heterocycles. The molecule has 6 heteroatoms. The van der Waals surface area contributed by atoms with Gasteiger partial charge in [0.15, 0.2) is 5.11 Å². The van der Waals surface area contributed by atoms with Crippen LogP contribution in [0.1, 0.15) is 40.6 Å². The van der Waals surface area contributed by atoms with Crippen molar-refractivity contribution in [1.82, 2.24) is 9.88 Å². The Kier molecular flexibility index (Phi) is 6.04. The zero-order chi connectivity index (χ0) is 23.9. The number of carbonyl (C=O) groups is 2. The smallest absolute Gasteiger partial charge is 0.270 e. The van der Waals surface area contributed by atoms with Gasteiger partial charge in [-0.15, -0.1) is 0 Å². The minimum atomic E-state index is -0.484. The second-order valence-electron chi connectivity index (χ2n) is 8.41. The van der Waals surface area contributed by atoms with Gasteiger partial charge < -0.3 is 4.57 Å². The van der Waals surface area contributed by atoms with Crippen molar-refractivity contribution in [3.8, 4) is 5.69 Å². The fraction of sp³-hybridized carbons (Fsp3) is 0.222. The molecule has 3 aromatic rings. The Morgan fingerprint density at radius 1 is 0.909 bits per heavy atom. The number of carbonyl (C=O) groups excluding carboxylic acids is 2. The SMILES string of the molecule is CCc1ccc(N2C(=O)C(=Cc3cc(C)n(-c4ccc(C)c(C)c4)c3C)C(=O)NC2=S)cc1. The third kappa shape index (κ3) is 4.14. The van der Waals surface area contributed by atoms with Crippen LogP contribution < -0.4 is 10.2 Å². The predicted octanol–water partition coefficient (Wildman–Crippen LogP) is 5.10. The van der Waals surface area contributed by atoms with Crippen molar-refractivity contribution in [1.29, 1.82) is 0 Å². The molecule has 1 aromatic heterocycles. The Bertz CT molecular complexity index is 1320. The van der Waals surface area contributed by atoms with E-state index in [9.17, 15) is 9.59 Å². The van der Waals surface area contributed by atoms with Crippen molar-refractivity contribution in [2.24, 2.45) is 0 Å². The van der Waals surface area contributed by atoms with Crippen LogP contribution in [0.4, 0.5) is 5.69 Å². The third-order valence-corrected chi connectivity index (χ3v) is 6.51. The second-order valence-corrected chi connectivity index (χ2v) is 8.79. The molecule has 1 aliphatic heterocycles. The third-order valence-electron chi connectivity index (χ3n) is 6.22. The predicted molar refractivity (Wildman–Crippen MR) is 137 cm³/mol. The summed E-state index contributed by atoms with van der Waals surface area (Å²) in [7, 11) is 0. The Hall–Kier alpha value is -3.51. The summed E-state index contributed by atoms with van der Waals surface area (Å²) in [5.74, 6) is -0.911. The second kappa shape index (κ2) is 8.79. The van der Waals surface area contributed by atoms with E-state index in [1.807, 2.05) is 44.2 Å². The standard InChI is InChI=1S/C27H27N3O2S/c1-6-20-8-11-22(12-9-20)30-26(32)24(25(31)28-27(30)33)15-21-14-18(4)29(19(21)5)23-10-7-16(2)17(3)13-23/h7-15H,6H2,1-5H3,(H,28,31,33). The first-order valence-corrected chi connectivity index (χ1v) is 11.4. The maximum absolute atomic E-state index is 13.4. The lowest BCUT2D eigenvalue weighted by molar-refractivity contribution is -0.122. The molecular weight excluding hydrogens is 430 g/mol. The zero-order valence-corrected chi connectivity index (χ0v) is 20.3. The maximum atomic E-state index is 13.4. The van der Waals surface area contributed by atoms with Gasteiger partial charge in [-0.05, 0) is 105 Å². The number of nitrogens with zero attached hydrogens (tertiary/aromatic N) is 2. The quantitative estimate of drug-likeness (QED) is 0.337. The highest BCUT2D eigenvalue weighted by atomic mass is 32.1. The summed E-state index contributed by atoms with van der Waals surface area (Å²) in [6.45, 7) is 10.3. The van der Waals surface area contributed by atoms with E-state index in [-0.39, 0.29) is 10.7 Å². The van der Waals surface area contributed by atoms with Crippen LogP contribution >= 0.6 is 12.2 Å². The summed E-state index contributed by atoms with van der Waals surface area (Å²) in [5, 5.41) is 2.76. The molecule has 0 spiro atoms. The highest BCUT2D eigenvalue weighted by Crippen LogP contribution is 2.27. The molecule has 0 radical (unpaired) electrons. The van der Waals surface area contributed by atoms with Gasteiger partial charge in [-0.2, -0.15) is 0 Å². The minimum Gasteiger partial charge on any atom is -0.318 e. The van der Waals surface area contributed by atoms with Crippen LogP contribution in [0.3, 0.4) is 0 Å². The topological polar surface area (TPSA) is 54.3 Å². The number of benzene rings is 2. The molecule has 1 N–H and O–H groups in total. The number of anilines is 1. The molecule has 1 aliphatic rings. The van der Waals surface area contributed by atoms with Gasteiger partial charge in [0.05, 0.1) is 5.69 Å². The van der Waals surface area contributed by atoms with Gasteiger partial charge in [-0.25, -0.2) is 0 Å². The highest BCUT2D eigenvalue weighted by molar-refractivity contribution is 7.80. The van der Waals surface area contributed by atoms with Gasteiger partial charge in [-0.3, -0.25) is 19.8 Å². The van der Waals surface area contributed by atoms with Crippen molar-refractivity contribution >= 4 is 40.9 Å². The molecule has 0 aliphatic carbocycles. The summed E-state index contributed by atoms with van der Waals surface area (Å²) in [6.07, 6.45) is 2.56. The number of aryl methyl sites for hydroxylation is 4. The average Bonchev–Trinajstić information content (AvgIpc) is 3.06. The number of thiocarbonyl (C=S) groups is 1. The van der Waals surface area contributed by atoms with Gasteiger partial charge in [-0.1, -0.05) is 25.1 Å². The summed E-state index contributed by atoms with van der Waals surface area (Å²) in [6, 6.07) is 15.9. The van der Waals surface area contributed by atoms with Crippen LogP contribution in [-0.2, 0) is 16.0 Å². The Morgan fingerprint density at radius 2 is 1.58 bits per heavy atom. The van der Waals surface area contributed by atoms with Crippen LogP contribution in [0, 0.1) is 27.7 Å². The first kappa shape index (κ1) is 22.7. The number of hydrogen-bond acceptors (Lipinski definition) is 3. The number of hydrogen-bond donors (Lipinski definition) is 1. The van der Waals surface area contributed by atoms with Crippen LogP contribution in [-0.4, -0.2) is 21.5 Å². The number of rotatable bonds is 4. The summed E-state index contributed by atoms with van der Waals surface area (Å²) >= 11 is 5.32. The van der Waals surface area contributed by atoms with Gasteiger partial charge in [0.2, 0.25) is 0 Å². The maximum Gasteiger partial charge on any atom is 0.270 e. The fourth-order valence-electron chi connectivity index (χ4n) is 4.12. The molecule has 0 atom stereocenters.